The zero-order valence-corrected chi connectivity index (χ0v) is 19.8. The van der Waals surface area contributed by atoms with Gasteiger partial charge in [-0.2, -0.15) is 0 Å². The minimum atomic E-state index is -0.565. The first-order chi connectivity index (χ1) is 15.3. The van der Waals surface area contributed by atoms with Crippen molar-refractivity contribution < 1.29 is 4.79 Å². The lowest BCUT2D eigenvalue weighted by Crippen LogP contribution is -2.48. The van der Waals surface area contributed by atoms with Crippen molar-refractivity contribution in [2.24, 2.45) is 5.73 Å². The third-order valence-corrected chi connectivity index (χ3v) is 7.09. The van der Waals surface area contributed by atoms with Crippen LogP contribution in [0.4, 0.5) is 0 Å². The quantitative estimate of drug-likeness (QED) is 0.521. The number of nitrogens with zero attached hydrogens (tertiary/aromatic N) is 1. The smallest absolute Gasteiger partial charge is 0.230 e. The number of nitrogens with two attached hydrogens (primary N) is 1. The Morgan fingerprint density at radius 1 is 1.19 bits per heavy atom. The fraction of sp³-hybridized carbons (Fsp3) is 0.481. The maximum Gasteiger partial charge on any atom is 0.230 e. The largest absolute Gasteiger partial charge is 0.354 e. The number of carbonyl (C=O) groups excluding carboxylic acids is 1. The predicted octanol–water partition coefficient (Wildman–Crippen LogP) is 5.33. The minimum absolute atomic E-state index is 0.0590. The van der Waals surface area contributed by atoms with E-state index in [0.717, 1.165) is 60.1 Å². The molecule has 0 bridgehead atoms. The number of hydrogen-bond donors (Lipinski definition) is 3. The topological polar surface area (TPSA) is 83.8 Å². The number of aryl methyl sites for hydroxylation is 1. The van der Waals surface area contributed by atoms with E-state index in [1.54, 1.807) is 0 Å². The molecule has 2 aromatic heterocycles. The van der Waals surface area contributed by atoms with Crippen molar-refractivity contribution in [1.82, 2.24) is 15.3 Å². The molecule has 170 valence electrons. The molecule has 1 aliphatic rings. The number of aromatic nitrogens is 2. The molecule has 4 N–H and O–H groups in total. The summed E-state index contributed by atoms with van der Waals surface area (Å²) in [5, 5.41) is 4.44. The first kappa shape index (κ1) is 22.5. The molecule has 32 heavy (non-hydrogen) atoms. The van der Waals surface area contributed by atoms with Gasteiger partial charge in [0.05, 0.1) is 11.1 Å². The third-order valence-electron chi connectivity index (χ3n) is 7.09. The zero-order valence-electron chi connectivity index (χ0n) is 19.8. The van der Waals surface area contributed by atoms with Gasteiger partial charge in [-0.25, -0.2) is 0 Å². The highest BCUT2D eigenvalue weighted by Gasteiger charge is 2.36. The van der Waals surface area contributed by atoms with Gasteiger partial charge in [-0.15, -0.1) is 0 Å². The first-order valence-electron chi connectivity index (χ1n) is 11.9. The van der Waals surface area contributed by atoms with Crippen molar-refractivity contribution in [2.75, 3.05) is 6.54 Å². The van der Waals surface area contributed by atoms with Crippen LogP contribution in [0, 0.1) is 6.92 Å². The van der Waals surface area contributed by atoms with Gasteiger partial charge in [0.15, 0.2) is 0 Å². The number of carbonyl (C=O) groups is 1. The van der Waals surface area contributed by atoms with Crippen molar-refractivity contribution in [3.63, 3.8) is 0 Å². The number of H-pyrrole nitrogens is 1. The van der Waals surface area contributed by atoms with E-state index < -0.39 is 5.41 Å². The summed E-state index contributed by atoms with van der Waals surface area (Å²) in [4.78, 5) is 21.5. The standard InChI is InChI=1S/C27H36N4O/c1-17(2)24-22-15-20(27(4)12-7-5-6-8-21(16-28)30-26(27)32)9-10-23(22)31-25(24)19-11-13-29-18(3)14-19/h9-11,13-15,17,21,31H,5-8,12,16,28H2,1-4H3,(H,30,32). The van der Waals surface area contributed by atoms with Crippen LogP contribution in [0.2, 0.25) is 0 Å². The lowest BCUT2D eigenvalue weighted by Gasteiger charge is -2.30. The Kier molecular flexibility index (Phi) is 6.38. The second-order valence-electron chi connectivity index (χ2n) is 9.85. The molecular weight excluding hydrogens is 396 g/mol. The first-order valence-corrected chi connectivity index (χ1v) is 11.9. The molecule has 1 amide bonds. The Labute approximate surface area is 191 Å². The van der Waals surface area contributed by atoms with Crippen LogP contribution in [-0.4, -0.2) is 28.5 Å². The Balaban J connectivity index is 1.83. The summed E-state index contributed by atoms with van der Waals surface area (Å²) in [5.41, 5.74) is 12.1. The van der Waals surface area contributed by atoms with E-state index in [2.05, 4.69) is 66.4 Å². The van der Waals surface area contributed by atoms with Crippen LogP contribution in [-0.2, 0) is 10.2 Å². The zero-order chi connectivity index (χ0) is 22.9. The SMILES string of the molecule is Cc1cc(-c2[nH]c3ccc(C4(C)CCCCCC(CN)NC4=O)cc3c2C(C)C)ccn1. The van der Waals surface area contributed by atoms with E-state index in [9.17, 15) is 4.79 Å². The van der Waals surface area contributed by atoms with Gasteiger partial charge in [0.1, 0.15) is 0 Å². The predicted molar refractivity (Wildman–Crippen MR) is 132 cm³/mol. The van der Waals surface area contributed by atoms with Gasteiger partial charge in [-0.3, -0.25) is 9.78 Å². The number of hydrogen-bond acceptors (Lipinski definition) is 3. The van der Waals surface area contributed by atoms with Crippen LogP contribution in [0.15, 0.2) is 36.5 Å². The highest BCUT2D eigenvalue weighted by Crippen LogP contribution is 2.39. The summed E-state index contributed by atoms with van der Waals surface area (Å²) in [6.07, 6.45) is 6.96. The fourth-order valence-electron chi connectivity index (χ4n) is 5.11. The number of amides is 1. The molecule has 1 fully saturated rings. The van der Waals surface area contributed by atoms with E-state index >= 15 is 0 Å². The Hall–Kier alpha value is -2.66. The van der Waals surface area contributed by atoms with Gasteiger partial charge < -0.3 is 16.0 Å². The molecule has 0 saturated carbocycles. The van der Waals surface area contributed by atoms with E-state index in [4.69, 9.17) is 5.73 Å². The molecular formula is C27H36N4O. The van der Waals surface area contributed by atoms with Crippen molar-refractivity contribution in [2.45, 2.75) is 77.2 Å². The van der Waals surface area contributed by atoms with Crippen LogP contribution >= 0.6 is 0 Å². The van der Waals surface area contributed by atoms with E-state index in [1.165, 1.54) is 10.9 Å². The van der Waals surface area contributed by atoms with Crippen molar-refractivity contribution in [3.05, 3.63) is 53.3 Å². The molecule has 0 spiro atoms. The monoisotopic (exact) mass is 432 g/mol. The molecule has 4 rings (SSSR count). The molecule has 1 saturated heterocycles. The van der Waals surface area contributed by atoms with E-state index in [0.29, 0.717) is 12.5 Å². The number of benzene rings is 1. The minimum Gasteiger partial charge on any atom is -0.354 e. The Bertz CT molecular complexity index is 1120. The highest BCUT2D eigenvalue weighted by molar-refractivity contribution is 5.94. The molecule has 5 nitrogen and oxygen atoms in total. The third kappa shape index (κ3) is 4.18. The van der Waals surface area contributed by atoms with Gasteiger partial charge in [0.2, 0.25) is 5.91 Å². The number of nitrogens with one attached hydrogen (secondary N) is 2. The number of rotatable bonds is 4. The molecule has 1 aromatic carbocycles. The molecule has 0 aliphatic carbocycles. The lowest BCUT2D eigenvalue weighted by atomic mass is 9.76. The maximum absolute atomic E-state index is 13.4. The lowest BCUT2D eigenvalue weighted by molar-refractivity contribution is -0.127. The van der Waals surface area contributed by atoms with Crippen LogP contribution in [0.5, 0.6) is 0 Å². The Morgan fingerprint density at radius 2 is 2.00 bits per heavy atom. The second kappa shape index (κ2) is 9.07. The summed E-state index contributed by atoms with van der Waals surface area (Å²) in [6.45, 7) is 9.06. The van der Waals surface area contributed by atoms with Crippen LogP contribution in [0.1, 0.15) is 75.6 Å². The molecule has 3 aromatic rings. The molecule has 5 heteroatoms. The van der Waals surface area contributed by atoms with Crippen molar-refractivity contribution >= 4 is 16.8 Å². The van der Waals surface area contributed by atoms with Gasteiger partial charge >= 0.3 is 0 Å². The number of aromatic amines is 1. The maximum atomic E-state index is 13.4. The second-order valence-corrected chi connectivity index (χ2v) is 9.85. The average molecular weight is 433 g/mol. The number of fused-ring (bicyclic) bond motifs is 1. The van der Waals surface area contributed by atoms with Crippen molar-refractivity contribution in [3.8, 4) is 11.3 Å². The molecule has 3 heterocycles. The Morgan fingerprint density at radius 3 is 2.72 bits per heavy atom. The number of pyridine rings is 1. The van der Waals surface area contributed by atoms with Gasteiger partial charge in [-0.05, 0) is 68.0 Å². The van der Waals surface area contributed by atoms with Gasteiger partial charge in [0.25, 0.3) is 0 Å². The van der Waals surface area contributed by atoms with Crippen LogP contribution < -0.4 is 11.1 Å². The average Bonchev–Trinajstić information content (AvgIpc) is 3.18. The summed E-state index contributed by atoms with van der Waals surface area (Å²) in [5.74, 6) is 0.437. The molecule has 0 radical (unpaired) electrons. The highest BCUT2D eigenvalue weighted by atomic mass is 16.2. The fourth-order valence-corrected chi connectivity index (χ4v) is 5.11. The van der Waals surface area contributed by atoms with Gasteiger partial charge in [-0.1, -0.05) is 39.2 Å². The molecule has 2 atom stereocenters. The van der Waals surface area contributed by atoms with Crippen LogP contribution in [0.3, 0.4) is 0 Å². The van der Waals surface area contributed by atoms with Crippen LogP contribution in [0.25, 0.3) is 22.2 Å². The summed E-state index contributed by atoms with van der Waals surface area (Å²) >= 11 is 0. The summed E-state index contributed by atoms with van der Waals surface area (Å²) < 4.78 is 0. The molecule has 1 aliphatic heterocycles. The summed E-state index contributed by atoms with van der Waals surface area (Å²) in [7, 11) is 0. The normalized spacial score (nSPS) is 22.4. The van der Waals surface area contributed by atoms with Gasteiger partial charge in [0, 0.05) is 40.9 Å². The van der Waals surface area contributed by atoms with E-state index in [1.807, 2.05) is 13.1 Å². The van der Waals surface area contributed by atoms with E-state index in [-0.39, 0.29) is 11.9 Å². The van der Waals surface area contributed by atoms with Crippen molar-refractivity contribution in [1.29, 1.82) is 0 Å². The summed E-state index contributed by atoms with van der Waals surface area (Å²) in [6, 6.07) is 10.7. The molecule has 2 unspecified atom stereocenters.